The van der Waals surface area contributed by atoms with Crippen LogP contribution in [0.25, 0.3) is 10.8 Å². The van der Waals surface area contributed by atoms with Crippen molar-refractivity contribution in [2.24, 2.45) is 0 Å². The van der Waals surface area contributed by atoms with Crippen molar-refractivity contribution in [3.63, 3.8) is 0 Å². The van der Waals surface area contributed by atoms with Crippen molar-refractivity contribution < 1.29 is 9.53 Å². The number of esters is 1. The average Bonchev–Trinajstić information content (AvgIpc) is 2.59. The fourth-order valence-electron chi connectivity index (χ4n) is 2.56. The van der Waals surface area contributed by atoms with Crippen molar-refractivity contribution in [3.8, 4) is 0 Å². The number of aromatic nitrogens is 1. The van der Waals surface area contributed by atoms with Gasteiger partial charge >= 0.3 is 5.97 Å². The van der Waals surface area contributed by atoms with Crippen molar-refractivity contribution >= 4 is 16.7 Å². The Kier molecular flexibility index (Phi) is 4.15. The third kappa shape index (κ3) is 2.98. The zero-order valence-electron chi connectivity index (χ0n) is 12.5. The van der Waals surface area contributed by atoms with Crippen LogP contribution in [0.3, 0.4) is 0 Å². The molecule has 3 rings (SSSR count). The lowest BCUT2D eigenvalue weighted by Gasteiger charge is -2.07. The molecule has 1 heterocycles. The van der Waals surface area contributed by atoms with Crippen LogP contribution < -0.4 is 0 Å². The predicted molar refractivity (Wildman–Crippen MR) is 86.9 cm³/mol. The van der Waals surface area contributed by atoms with Gasteiger partial charge in [0.2, 0.25) is 0 Å². The molecule has 110 valence electrons. The minimum atomic E-state index is -0.397. The van der Waals surface area contributed by atoms with E-state index in [0.29, 0.717) is 5.69 Å². The molecule has 0 spiro atoms. The van der Waals surface area contributed by atoms with E-state index < -0.39 is 5.97 Å². The number of aryl methyl sites for hydroxylation is 2. The molecule has 0 bridgehead atoms. The van der Waals surface area contributed by atoms with Gasteiger partial charge in [-0.15, -0.1) is 0 Å². The van der Waals surface area contributed by atoms with Gasteiger partial charge in [0.15, 0.2) is 5.69 Å². The Morgan fingerprint density at radius 1 is 1.00 bits per heavy atom. The van der Waals surface area contributed by atoms with E-state index in [1.807, 2.05) is 24.3 Å². The SMILES string of the molecule is COC(=O)c1nccc2ccc(CCc3ccccc3)cc12. The topological polar surface area (TPSA) is 39.2 Å². The molecular weight excluding hydrogens is 274 g/mol. The summed E-state index contributed by atoms with van der Waals surface area (Å²) in [6.45, 7) is 0. The Balaban J connectivity index is 1.90. The highest BCUT2D eigenvalue weighted by molar-refractivity contribution is 6.02. The molecule has 0 saturated carbocycles. The first-order chi connectivity index (χ1) is 10.8. The molecular formula is C19H17NO2. The van der Waals surface area contributed by atoms with Crippen LogP contribution >= 0.6 is 0 Å². The van der Waals surface area contributed by atoms with E-state index in [9.17, 15) is 4.79 Å². The van der Waals surface area contributed by atoms with Crippen LogP contribution in [0.5, 0.6) is 0 Å². The van der Waals surface area contributed by atoms with Gasteiger partial charge in [-0.1, -0.05) is 42.5 Å². The summed E-state index contributed by atoms with van der Waals surface area (Å²) in [5, 5.41) is 1.85. The van der Waals surface area contributed by atoms with Crippen LogP contribution in [-0.4, -0.2) is 18.1 Å². The summed E-state index contributed by atoms with van der Waals surface area (Å²) in [5.74, 6) is -0.397. The molecule has 0 aliphatic rings. The number of hydrogen-bond acceptors (Lipinski definition) is 3. The molecule has 2 aromatic carbocycles. The van der Waals surface area contributed by atoms with Crippen LogP contribution in [0.1, 0.15) is 21.6 Å². The van der Waals surface area contributed by atoms with Gasteiger partial charge in [-0.05, 0) is 41.5 Å². The van der Waals surface area contributed by atoms with Crippen LogP contribution in [0.15, 0.2) is 60.8 Å². The zero-order chi connectivity index (χ0) is 15.4. The molecule has 3 heteroatoms. The summed E-state index contributed by atoms with van der Waals surface area (Å²) in [6, 6.07) is 18.5. The Morgan fingerprint density at radius 2 is 1.77 bits per heavy atom. The molecule has 0 radical (unpaired) electrons. The van der Waals surface area contributed by atoms with Crippen LogP contribution in [0.2, 0.25) is 0 Å². The van der Waals surface area contributed by atoms with E-state index in [2.05, 4.69) is 35.3 Å². The second-order valence-corrected chi connectivity index (χ2v) is 5.19. The molecule has 0 aliphatic heterocycles. The Bertz CT molecular complexity index is 797. The molecule has 0 saturated heterocycles. The number of nitrogens with zero attached hydrogens (tertiary/aromatic N) is 1. The second kappa shape index (κ2) is 6.39. The molecule has 0 atom stereocenters. The van der Waals surface area contributed by atoms with Gasteiger partial charge in [-0.3, -0.25) is 0 Å². The monoisotopic (exact) mass is 291 g/mol. The first-order valence-electron chi connectivity index (χ1n) is 7.28. The molecule has 0 unspecified atom stereocenters. The number of pyridine rings is 1. The molecule has 3 aromatic rings. The van der Waals surface area contributed by atoms with Crippen molar-refractivity contribution in [3.05, 3.63) is 77.6 Å². The summed E-state index contributed by atoms with van der Waals surface area (Å²) in [5.41, 5.74) is 2.87. The zero-order valence-corrected chi connectivity index (χ0v) is 12.5. The first kappa shape index (κ1) is 14.3. The Labute approximate surface area is 129 Å². The Morgan fingerprint density at radius 3 is 2.55 bits per heavy atom. The molecule has 22 heavy (non-hydrogen) atoms. The lowest BCUT2D eigenvalue weighted by atomic mass is 10.0. The van der Waals surface area contributed by atoms with E-state index in [1.54, 1.807) is 6.20 Å². The highest BCUT2D eigenvalue weighted by Gasteiger charge is 2.12. The summed E-state index contributed by atoms with van der Waals surface area (Å²) in [6.07, 6.45) is 3.54. The summed E-state index contributed by atoms with van der Waals surface area (Å²) >= 11 is 0. The third-order valence-corrected chi connectivity index (χ3v) is 3.75. The highest BCUT2D eigenvalue weighted by atomic mass is 16.5. The number of fused-ring (bicyclic) bond motifs is 1. The number of carbonyl (C=O) groups is 1. The fraction of sp³-hybridized carbons (Fsp3) is 0.158. The number of carbonyl (C=O) groups excluding carboxylic acids is 1. The van der Waals surface area contributed by atoms with E-state index in [4.69, 9.17) is 4.74 Å². The number of benzene rings is 2. The maximum absolute atomic E-state index is 11.8. The van der Waals surface area contributed by atoms with Crippen LogP contribution in [-0.2, 0) is 17.6 Å². The quantitative estimate of drug-likeness (QED) is 0.686. The van der Waals surface area contributed by atoms with Gasteiger partial charge in [-0.25, -0.2) is 9.78 Å². The van der Waals surface area contributed by atoms with E-state index in [1.165, 1.54) is 18.2 Å². The van der Waals surface area contributed by atoms with Gasteiger partial charge in [0.25, 0.3) is 0 Å². The predicted octanol–water partition coefficient (Wildman–Crippen LogP) is 3.81. The lowest BCUT2D eigenvalue weighted by molar-refractivity contribution is 0.0596. The van der Waals surface area contributed by atoms with E-state index in [-0.39, 0.29) is 0 Å². The number of ether oxygens (including phenoxy) is 1. The number of hydrogen-bond donors (Lipinski definition) is 0. The van der Waals surface area contributed by atoms with Gasteiger partial charge in [0, 0.05) is 11.6 Å². The first-order valence-corrected chi connectivity index (χ1v) is 7.28. The minimum absolute atomic E-state index is 0.376. The normalized spacial score (nSPS) is 10.6. The molecule has 1 aromatic heterocycles. The maximum atomic E-state index is 11.8. The number of rotatable bonds is 4. The smallest absolute Gasteiger partial charge is 0.357 e. The fourth-order valence-corrected chi connectivity index (χ4v) is 2.56. The van der Waals surface area contributed by atoms with Crippen molar-refractivity contribution in [1.29, 1.82) is 0 Å². The maximum Gasteiger partial charge on any atom is 0.357 e. The van der Waals surface area contributed by atoms with Crippen LogP contribution in [0, 0.1) is 0 Å². The largest absolute Gasteiger partial charge is 0.464 e. The summed E-state index contributed by atoms with van der Waals surface area (Å²) in [4.78, 5) is 16.0. The molecule has 0 aliphatic carbocycles. The van der Waals surface area contributed by atoms with E-state index >= 15 is 0 Å². The van der Waals surface area contributed by atoms with E-state index in [0.717, 1.165) is 23.6 Å². The van der Waals surface area contributed by atoms with Gasteiger partial charge < -0.3 is 4.74 Å². The standard InChI is InChI=1S/C19H17NO2/c1-22-19(21)18-17-13-15(9-10-16(17)11-12-20-18)8-7-14-5-3-2-4-6-14/h2-6,9-13H,7-8H2,1H3. The van der Waals surface area contributed by atoms with Gasteiger partial charge in [0.1, 0.15) is 0 Å². The minimum Gasteiger partial charge on any atom is -0.464 e. The van der Waals surface area contributed by atoms with Crippen LogP contribution in [0.4, 0.5) is 0 Å². The summed E-state index contributed by atoms with van der Waals surface area (Å²) < 4.78 is 4.81. The second-order valence-electron chi connectivity index (χ2n) is 5.19. The molecule has 0 fully saturated rings. The van der Waals surface area contributed by atoms with Gasteiger partial charge in [-0.2, -0.15) is 0 Å². The van der Waals surface area contributed by atoms with Crippen molar-refractivity contribution in [1.82, 2.24) is 4.98 Å². The lowest BCUT2D eigenvalue weighted by Crippen LogP contribution is -2.05. The van der Waals surface area contributed by atoms with Crippen molar-refractivity contribution in [2.75, 3.05) is 7.11 Å². The van der Waals surface area contributed by atoms with Gasteiger partial charge in [0.05, 0.1) is 7.11 Å². The molecule has 0 N–H and O–H groups in total. The van der Waals surface area contributed by atoms with Crippen molar-refractivity contribution in [2.45, 2.75) is 12.8 Å². The molecule has 3 nitrogen and oxygen atoms in total. The molecule has 0 amide bonds. The summed E-state index contributed by atoms with van der Waals surface area (Å²) in [7, 11) is 1.38. The number of methoxy groups -OCH3 is 1. The highest BCUT2D eigenvalue weighted by Crippen LogP contribution is 2.20. The Hall–Kier alpha value is -2.68. The third-order valence-electron chi connectivity index (χ3n) is 3.75. The average molecular weight is 291 g/mol.